The molecule has 0 atom stereocenters. The van der Waals surface area contributed by atoms with E-state index >= 15 is 0 Å². The third-order valence-electron chi connectivity index (χ3n) is 2.92. The van der Waals surface area contributed by atoms with Crippen molar-refractivity contribution >= 4 is 23.2 Å². The second-order valence-corrected chi connectivity index (χ2v) is 4.91. The summed E-state index contributed by atoms with van der Waals surface area (Å²) in [5.41, 5.74) is 0.0451. The minimum atomic E-state index is -0.607. The Balaban J connectivity index is 1.58. The number of amides is 1. The van der Waals surface area contributed by atoms with Gasteiger partial charge in [0.2, 0.25) is 6.79 Å². The minimum absolute atomic E-state index is 0.0451. The Morgan fingerprint density at radius 1 is 1.23 bits per heavy atom. The van der Waals surface area contributed by atoms with Gasteiger partial charge < -0.3 is 19.5 Å². The Kier molecular flexibility index (Phi) is 4.02. The number of hydrogen-bond donors (Lipinski definition) is 1. The molecule has 1 amide bonds. The first-order valence-electron chi connectivity index (χ1n) is 6.39. The van der Waals surface area contributed by atoms with Crippen LogP contribution in [0.3, 0.4) is 0 Å². The maximum absolute atomic E-state index is 13.6. The number of rotatable bonds is 4. The molecular weight excluding hydrogens is 313 g/mol. The summed E-state index contributed by atoms with van der Waals surface area (Å²) in [6.45, 7) is -0.100. The zero-order valence-electron chi connectivity index (χ0n) is 11.3. The highest BCUT2D eigenvalue weighted by Crippen LogP contribution is 2.35. The second kappa shape index (κ2) is 6.11. The monoisotopic (exact) mass is 323 g/mol. The Labute approximate surface area is 130 Å². The van der Waals surface area contributed by atoms with E-state index in [2.05, 4.69) is 5.32 Å². The highest BCUT2D eigenvalue weighted by atomic mass is 35.5. The number of ether oxygens (including phenoxy) is 3. The summed E-state index contributed by atoms with van der Waals surface area (Å²) in [5, 5.41) is 2.66. The molecule has 1 aliphatic heterocycles. The molecule has 1 N–H and O–H groups in total. The molecular formula is C15H11ClFNO4. The van der Waals surface area contributed by atoms with Crippen LogP contribution in [0.5, 0.6) is 17.2 Å². The van der Waals surface area contributed by atoms with Crippen LogP contribution >= 0.6 is 11.6 Å². The van der Waals surface area contributed by atoms with Gasteiger partial charge in [-0.3, -0.25) is 4.79 Å². The van der Waals surface area contributed by atoms with Gasteiger partial charge in [-0.15, -0.1) is 0 Å². The predicted molar refractivity (Wildman–Crippen MR) is 78.1 cm³/mol. The summed E-state index contributed by atoms with van der Waals surface area (Å²) in [6.07, 6.45) is 0. The maximum Gasteiger partial charge on any atom is 0.262 e. The van der Waals surface area contributed by atoms with Gasteiger partial charge in [0.15, 0.2) is 18.1 Å². The zero-order chi connectivity index (χ0) is 15.5. The zero-order valence-corrected chi connectivity index (χ0v) is 12.0. The molecule has 5 nitrogen and oxygen atoms in total. The Morgan fingerprint density at radius 2 is 2.05 bits per heavy atom. The Morgan fingerprint density at radius 3 is 2.86 bits per heavy atom. The molecule has 114 valence electrons. The van der Waals surface area contributed by atoms with Gasteiger partial charge in [0.25, 0.3) is 5.91 Å². The van der Waals surface area contributed by atoms with Crippen LogP contribution in [0.25, 0.3) is 0 Å². The van der Waals surface area contributed by atoms with Crippen LogP contribution in [0.1, 0.15) is 0 Å². The van der Waals surface area contributed by atoms with Crippen LogP contribution in [-0.2, 0) is 4.79 Å². The fourth-order valence-corrected chi connectivity index (χ4v) is 2.05. The van der Waals surface area contributed by atoms with Crippen molar-refractivity contribution in [3.63, 3.8) is 0 Å². The van der Waals surface area contributed by atoms with E-state index < -0.39 is 11.7 Å². The van der Waals surface area contributed by atoms with E-state index in [1.54, 1.807) is 18.2 Å². The lowest BCUT2D eigenvalue weighted by Gasteiger charge is -2.09. The molecule has 0 spiro atoms. The third-order valence-corrected chi connectivity index (χ3v) is 3.15. The van der Waals surface area contributed by atoms with E-state index in [0.717, 1.165) is 6.07 Å². The van der Waals surface area contributed by atoms with Gasteiger partial charge in [0.05, 0.1) is 5.69 Å². The summed E-state index contributed by atoms with van der Waals surface area (Å²) >= 11 is 5.64. The van der Waals surface area contributed by atoms with E-state index in [1.165, 1.54) is 12.1 Å². The molecule has 3 rings (SSSR count). The normalized spacial score (nSPS) is 12.1. The number of anilines is 1. The van der Waals surface area contributed by atoms with Gasteiger partial charge in [-0.25, -0.2) is 4.39 Å². The summed E-state index contributed by atoms with van der Waals surface area (Å²) in [6, 6.07) is 8.96. The first-order valence-corrected chi connectivity index (χ1v) is 6.77. The second-order valence-electron chi connectivity index (χ2n) is 4.48. The highest BCUT2D eigenvalue weighted by Gasteiger charge is 2.14. The molecule has 0 fully saturated rings. The summed E-state index contributed by atoms with van der Waals surface area (Å²) in [4.78, 5) is 11.8. The van der Waals surface area contributed by atoms with E-state index in [4.69, 9.17) is 25.8 Å². The number of benzene rings is 2. The topological polar surface area (TPSA) is 56.8 Å². The maximum atomic E-state index is 13.6. The average Bonchev–Trinajstić information content (AvgIpc) is 2.95. The Bertz CT molecular complexity index is 723. The average molecular weight is 324 g/mol. The molecule has 0 bridgehead atoms. The third kappa shape index (κ3) is 3.23. The first kappa shape index (κ1) is 14.5. The number of hydrogen-bond acceptors (Lipinski definition) is 4. The molecule has 2 aromatic carbocycles. The number of halogens is 2. The van der Waals surface area contributed by atoms with Gasteiger partial charge in [-0.05, 0) is 30.3 Å². The van der Waals surface area contributed by atoms with Crippen molar-refractivity contribution in [1.29, 1.82) is 0 Å². The lowest BCUT2D eigenvalue weighted by Crippen LogP contribution is -2.20. The molecule has 0 saturated heterocycles. The molecule has 2 aromatic rings. The van der Waals surface area contributed by atoms with Crippen molar-refractivity contribution < 1.29 is 23.4 Å². The predicted octanol–water partition coefficient (Wildman–Crippen LogP) is 3.23. The van der Waals surface area contributed by atoms with Crippen LogP contribution in [0.4, 0.5) is 10.1 Å². The first-order chi connectivity index (χ1) is 10.6. The van der Waals surface area contributed by atoms with E-state index in [1.807, 2.05) is 0 Å². The number of carbonyl (C=O) groups excluding carboxylic acids is 1. The standard InChI is InChI=1S/C15H11ClFNO4/c16-9-1-3-12(11(17)5-9)18-15(19)7-20-10-2-4-13-14(6-10)22-8-21-13/h1-6H,7-8H2,(H,18,19). The highest BCUT2D eigenvalue weighted by molar-refractivity contribution is 6.30. The van der Waals surface area contributed by atoms with Crippen molar-refractivity contribution in [3.05, 3.63) is 47.2 Å². The molecule has 22 heavy (non-hydrogen) atoms. The van der Waals surface area contributed by atoms with Gasteiger partial charge >= 0.3 is 0 Å². The molecule has 0 unspecified atom stereocenters. The van der Waals surface area contributed by atoms with Gasteiger partial charge in [0, 0.05) is 11.1 Å². The minimum Gasteiger partial charge on any atom is -0.484 e. The number of carbonyl (C=O) groups is 1. The number of nitrogens with one attached hydrogen (secondary N) is 1. The summed E-state index contributed by atoms with van der Waals surface area (Å²) in [5.74, 6) is 0.542. The lowest BCUT2D eigenvalue weighted by atomic mass is 10.3. The van der Waals surface area contributed by atoms with Crippen molar-refractivity contribution in [1.82, 2.24) is 0 Å². The van der Waals surface area contributed by atoms with E-state index in [9.17, 15) is 9.18 Å². The van der Waals surface area contributed by atoms with Gasteiger partial charge in [0.1, 0.15) is 11.6 Å². The molecule has 1 aliphatic rings. The molecule has 7 heteroatoms. The fourth-order valence-electron chi connectivity index (χ4n) is 1.89. The number of fused-ring (bicyclic) bond motifs is 1. The summed E-state index contributed by atoms with van der Waals surface area (Å²) < 4.78 is 29.3. The smallest absolute Gasteiger partial charge is 0.262 e. The Hall–Kier alpha value is -2.47. The lowest BCUT2D eigenvalue weighted by molar-refractivity contribution is -0.118. The van der Waals surface area contributed by atoms with Crippen LogP contribution < -0.4 is 19.5 Å². The largest absolute Gasteiger partial charge is 0.484 e. The van der Waals surface area contributed by atoms with Crippen molar-refractivity contribution in [2.24, 2.45) is 0 Å². The van der Waals surface area contributed by atoms with Crippen molar-refractivity contribution in [2.45, 2.75) is 0 Å². The van der Waals surface area contributed by atoms with Gasteiger partial charge in [-0.1, -0.05) is 11.6 Å². The molecule has 1 heterocycles. The molecule has 0 aromatic heterocycles. The van der Waals surface area contributed by atoms with Crippen LogP contribution in [-0.4, -0.2) is 19.3 Å². The van der Waals surface area contributed by atoms with Gasteiger partial charge in [-0.2, -0.15) is 0 Å². The molecule has 0 saturated carbocycles. The SMILES string of the molecule is O=C(COc1ccc2c(c1)OCO2)Nc1ccc(Cl)cc1F. The van der Waals surface area contributed by atoms with Crippen molar-refractivity contribution in [3.8, 4) is 17.2 Å². The van der Waals surface area contributed by atoms with E-state index in [-0.39, 0.29) is 24.1 Å². The quantitative estimate of drug-likeness (QED) is 0.938. The summed E-state index contributed by atoms with van der Waals surface area (Å²) in [7, 11) is 0. The molecule has 0 radical (unpaired) electrons. The van der Waals surface area contributed by atoms with Crippen LogP contribution in [0, 0.1) is 5.82 Å². The van der Waals surface area contributed by atoms with Crippen molar-refractivity contribution in [2.75, 3.05) is 18.7 Å². The van der Waals surface area contributed by atoms with E-state index in [0.29, 0.717) is 17.2 Å². The van der Waals surface area contributed by atoms with Crippen LogP contribution in [0.15, 0.2) is 36.4 Å². The fraction of sp³-hybridized carbons (Fsp3) is 0.133. The van der Waals surface area contributed by atoms with Crippen LogP contribution in [0.2, 0.25) is 5.02 Å². The molecule has 0 aliphatic carbocycles.